The summed E-state index contributed by atoms with van der Waals surface area (Å²) in [5, 5.41) is 11.7. The summed E-state index contributed by atoms with van der Waals surface area (Å²) in [7, 11) is 1.57. The number of carbonyl (C=O) groups excluding carboxylic acids is 1. The summed E-state index contributed by atoms with van der Waals surface area (Å²) < 4.78 is 5.08. The highest BCUT2D eigenvalue weighted by molar-refractivity contribution is 5.96. The largest absolute Gasteiger partial charge is 0.497 e. The number of aliphatic carboxylic acids is 1. The maximum atomic E-state index is 12.0. The van der Waals surface area contributed by atoms with Gasteiger partial charge in [-0.3, -0.25) is 9.59 Å². The number of hydrogen-bond acceptors (Lipinski definition) is 3. The molecule has 1 aliphatic carbocycles. The summed E-state index contributed by atoms with van der Waals surface area (Å²) in [6, 6.07) is 5.18. The molecular weight excluding hydrogens is 246 g/mol. The molecule has 1 aliphatic rings. The van der Waals surface area contributed by atoms with E-state index < -0.39 is 11.4 Å². The van der Waals surface area contributed by atoms with Gasteiger partial charge in [-0.1, -0.05) is 0 Å². The molecule has 0 radical (unpaired) electrons. The van der Waals surface area contributed by atoms with Crippen molar-refractivity contribution in [3.05, 3.63) is 29.3 Å². The normalized spacial score (nSPS) is 15.7. The summed E-state index contributed by atoms with van der Waals surface area (Å²) in [6.45, 7) is 2.01. The monoisotopic (exact) mass is 263 g/mol. The fourth-order valence-electron chi connectivity index (χ4n) is 1.98. The van der Waals surface area contributed by atoms with Gasteiger partial charge >= 0.3 is 5.97 Å². The third-order valence-electron chi connectivity index (χ3n) is 3.57. The number of carboxylic acids is 1. The van der Waals surface area contributed by atoms with E-state index in [0.717, 1.165) is 5.56 Å². The summed E-state index contributed by atoms with van der Waals surface area (Å²) in [5.74, 6) is -0.384. The Morgan fingerprint density at radius 1 is 1.42 bits per heavy atom. The van der Waals surface area contributed by atoms with E-state index in [2.05, 4.69) is 5.32 Å². The zero-order chi connectivity index (χ0) is 14.0. The molecule has 102 valence electrons. The Kier molecular flexibility index (Phi) is 3.46. The Morgan fingerprint density at radius 2 is 2.11 bits per heavy atom. The highest BCUT2D eigenvalue weighted by Gasteiger charge is 2.50. The number of carbonyl (C=O) groups is 2. The summed E-state index contributed by atoms with van der Waals surface area (Å²) in [6.07, 6.45) is 1.26. The highest BCUT2D eigenvalue weighted by Crippen LogP contribution is 2.45. The van der Waals surface area contributed by atoms with Gasteiger partial charge < -0.3 is 15.2 Å². The first-order chi connectivity index (χ1) is 8.98. The lowest BCUT2D eigenvalue weighted by atomic mass is 10.1. The molecule has 19 heavy (non-hydrogen) atoms. The van der Waals surface area contributed by atoms with Gasteiger partial charge in [-0.2, -0.15) is 0 Å². The molecule has 1 aromatic rings. The van der Waals surface area contributed by atoms with Crippen LogP contribution in [-0.2, 0) is 4.79 Å². The van der Waals surface area contributed by atoms with E-state index in [1.54, 1.807) is 25.3 Å². The molecule has 5 heteroatoms. The molecule has 2 N–H and O–H groups in total. The molecular formula is C14H17NO4. The van der Waals surface area contributed by atoms with Gasteiger partial charge in [0.05, 0.1) is 12.5 Å². The van der Waals surface area contributed by atoms with Crippen molar-refractivity contribution in [2.75, 3.05) is 13.7 Å². The van der Waals surface area contributed by atoms with Crippen LogP contribution in [-0.4, -0.2) is 30.6 Å². The number of rotatable bonds is 5. The Morgan fingerprint density at radius 3 is 2.58 bits per heavy atom. The Labute approximate surface area is 111 Å². The Bertz CT molecular complexity index is 520. The topological polar surface area (TPSA) is 75.6 Å². The highest BCUT2D eigenvalue weighted by atomic mass is 16.5. The smallest absolute Gasteiger partial charge is 0.311 e. The standard InChI is InChI=1S/C14H17NO4/c1-9-7-10(19-2)3-4-11(9)12(16)15-8-14(5-6-14)13(17)18/h3-4,7H,5-6,8H2,1-2H3,(H,15,16)(H,17,18). The van der Waals surface area contributed by atoms with Crippen LogP contribution in [0, 0.1) is 12.3 Å². The minimum atomic E-state index is -0.834. The molecule has 2 rings (SSSR count). The summed E-state index contributed by atoms with van der Waals surface area (Å²) in [4.78, 5) is 23.0. The average Bonchev–Trinajstić information content (AvgIpc) is 3.17. The number of benzene rings is 1. The average molecular weight is 263 g/mol. The molecule has 0 aromatic heterocycles. The van der Waals surface area contributed by atoms with E-state index >= 15 is 0 Å². The van der Waals surface area contributed by atoms with Crippen molar-refractivity contribution in [1.29, 1.82) is 0 Å². The SMILES string of the molecule is COc1ccc(C(=O)NCC2(C(=O)O)CC2)c(C)c1. The number of amides is 1. The van der Waals surface area contributed by atoms with Gasteiger partial charge in [0, 0.05) is 12.1 Å². The number of nitrogens with one attached hydrogen (secondary N) is 1. The van der Waals surface area contributed by atoms with Crippen LogP contribution in [0.25, 0.3) is 0 Å². The van der Waals surface area contributed by atoms with Crippen LogP contribution >= 0.6 is 0 Å². The number of aryl methyl sites for hydroxylation is 1. The minimum Gasteiger partial charge on any atom is -0.497 e. The van der Waals surface area contributed by atoms with Gasteiger partial charge in [-0.05, 0) is 43.5 Å². The third kappa shape index (κ3) is 2.70. The van der Waals surface area contributed by atoms with Crippen molar-refractivity contribution < 1.29 is 19.4 Å². The van der Waals surface area contributed by atoms with E-state index in [-0.39, 0.29) is 12.5 Å². The fraction of sp³-hybridized carbons (Fsp3) is 0.429. The van der Waals surface area contributed by atoms with Crippen LogP contribution in [0.2, 0.25) is 0 Å². The molecule has 1 fully saturated rings. The molecule has 1 aromatic carbocycles. The van der Waals surface area contributed by atoms with Crippen molar-refractivity contribution in [3.8, 4) is 5.75 Å². The zero-order valence-corrected chi connectivity index (χ0v) is 11.0. The quantitative estimate of drug-likeness (QED) is 0.846. The molecule has 5 nitrogen and oxygen atoms in total. The number of methoxy groups -OCH3 is 1. The molecule has 0 atom stereocenters. The minimum absolute atomic E-state index is 0.187. The summed E-state index contributed by atoms with van der Waals surface area (Å²) in [5.41, 5.74) is 0.606. The maximum Gasteiger partial charge on any atom is 0.311 e. The molecule has 1 amide bonds. The molecule has 0 saturated heterocycles. The fourth-order valence-corrected chi connectivity index (χ4v) is 1.98. The molecule has 1 saturated carbocycles. The molecule has 0 unspecified atom stereocenters. The number of carboxylic acid groups (broad SMARTS) is 1. The molecule has 0 aliphatic heterocycles. The van der Waals surface area contributed by atoms with Crippen LogP contribution < -0.4 is 10.1 Å². The second kappa shape index (κ2) is 4.91. The predicted molar refractivity (Wildman–Crippen MR) is 69.4 cm³/mol. The van der Waals surface area contributed by atoms with E-state index in [1.807, 2.05) is 6.92 Å². The van der Waals surface area contributed by atoms with Crippen molar-refractivity contribution in [2.24, 2.45) is 5.41 Å². The first-order valence-corrected chi connectivity index (χ1v) is 6.15. The lowest BCUT2D eigenvalue weighted by molar-refractivity contribution is -0.143. The van der Waals surface area contributed by atoms with Crippen molar-refractivity contribution in [1.82, 2.24) is 5.32 Å². The lowest BCUT2D eigenvalue weighted by Gasteiger charge is -2.12. The van der Waals surface area contributed by atoms with E-state index in [0.29, 0.717) is 24.2 Å². The van der Waals surface area contributed by atoms with Gasteiger partial charge in [0.2, 0.25) is 0 Å². The van der Waals surface area contributed by atoms with E-state index in [4.69, 9.17) is 9.84 Å². The van der Waals surface area contributed by atoms with Gasteiger partial charge in [0.25, 0.3) is 5.91 Å². The van der Waals surface area contributed by atoms with Gasteiger partial charge in [-0.15, -0.1) is 0 Å². The Hall–Kier alpha value is -2.04. The van der Waals surface area contributed by atoms with E-state index in [1.165, 1.54) is 0 Å². The van der Waals surface area contributed by atoms with Crippen LogP contribution in [0.1, 0.15) is 28.8 Å². The van der Waals surface area contributed by atoms with Crippen molar-refractivity contribution in [2.45, 2.75) is 19.8 Å². The van der Waals surface area contributed by atoms with Crippen LogP contribution in [0.3, 0.4) is 0 Å². The number of ether oxygens (including phenoxy) is 1. The van der Waals surface area contributed by atoms with Gasteiger partial charge in [0.15, 0.2) is 0 Å². The lowest BCUT2D eigenvalue weighted by Crippen LogP contribution is -2.34. The van der Waals surface area contributed by atoms with Gasteiger partial charge in [0.1, 0.15) is 5.75 Å². The summed E-state index contributed by atoms with van der Waals surface area (Å²) >= 11 is 0. The third-order valence-corrected chi connectivity index (χ3v) is 3.57. The van der Waals surface area contributed by atoms with Crippen LogP contribution in [0.4, 0.5) is 0 Å². The maximum absolute atomic E-state index is 12.0. The van der Waals surface area contributed by atoms with E-state index in [9.17, 15) is 9.59 Å². The van der Waals surface area contributed by atoms with Crippen molar-refractivity contribution >= 4 is 11.9 Å². The Balaban J connectivity index is 2.02. The molecule has 0 spiro atoms. The second-order valence-corrected chi connectivity index (χ2v) is 4.95. The first-order valence-electron chi connectivity index (χ1n) is 6.15. The van der Waals surface area contributed by atoms with Crippen molar-refractivity contribution in [3.63, 3.8) is 0 Å². The second-order valence-electron chi connectivity index (χ2n) is 4.95. The van der Waals surface area contributed by atoms with Gasteiger partial charge in [-0.25, -0.2) is 0 Å². The predicted octanol–water partition coefficient (Wildman–Crippen LogP) is 1.60. The molecule has 0 heterocycles. The molecule has 0 bridgehead atoms. The number of hydrogen-bond donors (Lipinski definition) is 2. The first kappa shape index (κ1) is 13.4. The zero-order valence-electron chi connectivity index (χ0n) is 11.0. The van der Waals surface area contributed by atoms with Crippen LogP contribution in [0.5, 0.6) is 5.75 Å². The van der Waals surface area contributed by atoms with Crippen LogP contribution in [0.15, 0.2) is 18.2 Å².